The highest BCUT2D eigenvalue weighted by Gasteiger charge is 2.24. The Morgan fingerprint density at radius 2 is 1.90 bits per heavy atom. The third kappa shape index (κ3) is 3.21. The zero-order valence-electron chi connectivity index (χ0n) is 15.0. The summed E-state index contributed by atoms with van der Waals surface area (Å²) in [6.07, 6.45) is 4.01. The minimum absolute atomic E-state index is 0.0288. The normalized spacial score (nSPS) is 10.9. The van der Waals surface area contributed by atoms with Crippen molar-refractivity contribution in [3.63, 3.8) is 0 Å². The van der Waals surface area contributed by atoms with Crippen LogP contribution in [0, 0.1) is 15.9 Å². The van der Waals surface area contributed by atoms with E-state index in [4.69, 9.17) is 16.3 Å². The molecule has 4 aromatic rings. The van der Waals surface area contributed by atoms with Gasteiger partial charge in [0.25, 0.3) is 0 Å². The van der Waals surface area contributed by atoms with Gasteiger partial charge in [0.15, 0.2) is 29.2 Å². The lowest BCUT2D eigenvalue weighted by Gasteiger charge is -2.11. The van der Waals surface area contributed by atoms with Crippen molar-refractivity contribution in [3.05, 3.63) is 75.9 Å². The van der Waals surface area contributed by atoms with Gasteiger partial charge < -0.3 is 24.7 Å². The van der Waals surface area contributed by atoms with Gasteiger partial charge in [-0.2, -0.15) is 0 Å². The van der Waals surface area contributed by atoms with Crippen molar-refractivity contribution < 1.29 is 14.1 Å². The third-order valence-corrected chi connectivity index (χ3v) is 4.63. The lowest BCUT2D eigenvalue weighted by molar-refractivity contribution is -0.388. The fourth-order valence-electron chi connectivity index (χ4n) is 2.92. The van der Waals surface area contributed by atoms with Crippen molar-refractivity contribution in [1.82, 2.24) is 14.5 Å². The minimum Gasteiger partial charge on any atom is -0.447 e. The summed E-state index contributed by atoms with van der Waals surface area (Å²) in [6, 6.07) is 11.0. The highest BCUT2D eigenvalue weighted by atomic mass is 35.5. The Morgan fingerprint density at radius 1 is 1.17 bits per heavy atom. The van der Waals surface area contributed by atoms with Crippen LogP contribution in [0.1, 0.15) is 0 Å². The summed E-state index contributed by atoms with van der Waals surface area (Å²) in [5, 5.41) is 13.8. The number of para-hydroxylation sites is 1. The van der Waals surface area contributed by atoms with Crippen molar-refractivity contribution in [2.45, 2.75) is 0 Å². The predicted molar refractivity (Wildman–Crippen MR) is 107 cm³/mol. The molecule has 3 heterocycles. The molecule has 10 heteroatoms. The van der Waals surface area contributed by atoms with E-state index in [1.807, 2.05) is 30.3 Å². The van der Waals surface area contributed by atoms with Gasteiger partial charge >= 0.3 is 5.82 Å². The van der Waals surface area contributed by atoms with E-state index in [-0.39, 0.29) is 27.6 Å². The maximum Gasteiger partial charge on any atom is 0.388 e. The van der Waals surface area contributed by atoms with E-state index in [1.54, 1.807) is 16.8 Å². The van der Waals surface area contributed by atoms with Crippen molar-refractivity contribution in [2.24, 2.45) is 0 Å². The van der Waals surface area contributed by atoms with Crippen LogP contribution in [0.3, 0.4) is 0 Å². The maximum absolute atomic E-state index is 15.0. The molecule has 1 aromatic carbocycles. The molecule has 0 saturated carbocycles. The molecule has 4 rings (SSSR count). The number of aromatic nitrogens is 3. The first-order chi connectivity index (χ1) is 14.0. The van der Waals surface area contributed by atoms with E-state index < -0.39 is 16.6 Å². The molecule has 0 aliphatic heterocycles. The van der Waals surface area contributed by atoms with E-state index in [1.165, 1.54) is 13.2 Å². The summed E-state index contributed by atoms with van der Waals surface area (Å²) >= 11 is 6.18. The smallest absolute Gasteiger partial charge is 0.388 e. The molecule has 0 saturated heterocycles. The van der Waals surface area contributed by atoms with Crippen LogP contribution in [-0.2, 0) is 0 Å². The van der Waals surface area contributed by atoms with Gasteiger partial charge in [-0.25, -0.2) is 9.37 Å². The van der Waals surface area contributed by atoms with Crippen molar-refractivity contribution in [2.75, 3.05) is 12.4 Å². The van der Waals surface area contributed by atoms with Gasteiger partial charge in [-0.05, 0) is 28.1 Å². The predicted octanol–water partition coefficient (Wildman–Crippen LogP) is 4.96. The van der Waals surface area contributed by atoms with Crippen LogP contribution in [0.15, 0.2) is 55.0 Å². The van der Waals surface area contributed by atoms with Gasteiger partial charge in [0.05, 0.1) is 11.6 Å². The second kappa shape index (κ2) is 7.36. The number of nitrogens with zero attached hydrogens (tertiary/aromatic N) is 4. The van der Waals surface area contributed by atoms with Crippen LogP contribution in [0.4, 0.5) is 15.9 Å². The highest BCUT2D eigenvalue weighted by molar-refractivity contribution is 6.35. The second-order valence-corrected chi connectivity index (χ2v) is 6.32. The van der Waals surface area contributed by atoms with Gasteiger partial charge in [0.1, 0.15) is 10.7 Å². The molecule has 0 radical (unpaired) electrons. The summed E-state index contributed by atoms with van der Waals surface area (Å²) in [4.78, 5) is 18.4. The molecule has 0 aliphatic carbocycles. The largest absolute Gasteiger partial charge is 0.447 e. The molecule has 0 amide bonds. The summed E-state index contributed by atoms with van der Waals surface area (Å²) in [5.41, 5.74) is 1.23. The van der Waals surface area contributed by atoms with E-state index in [2.05, 4.69) is 15.3 Å². The van der Waals surface area contributed by atoms with Crippen LogP contribution in [-0.4, -0.2) is 26.5 Å². The number of rotatable bonds is 5. The van der Waals surface area contributed by atoms with Crippen LogP contribution in [0.5, 0.6) is 11.5 Å². The Hall–Kier alpha value is -3.72. The van der Waals surface area contributed by atoms with Crippen LogP contribution in [0.2, 0.25) is 5.02 Å². The molecule has 0 unspecified atom stereocenters. The van der Waals surface area contributed by atoms with E-state index >= 15 is 4.39 Å². The average Bonchev–Trinajstić information content (AvgIpc) is 3.16. The standard InChI is InChI=1S/C19H13ClFN5O3/c1-22-17-15(20)13(9-24-19(17)26(27)28)29-14-10-23-18-12(16(14)21)7-8-25(18)11-5-3-2-4-6-11/h2-10,22H,1H3. The molecule has 3 aromatic heterocycles. The molecule has 0 atom stereocenters. The number of nitro groups is 1. The highest BCUT2D eigenvalue weighted by Crippen LogP contribution is 2.40. The van der Waals surface area contributed by atoms with Crippen LogP contribution in [0.25, 0.3) is 16.7 Å². The molecule has 0 aliphatic rings. The summed E-state index contributed by atoms with van der Waals surface area (Å²) in [7, 11) is 1.46. The molecule has 29 heavy (non-hydrogen) atoms. The number of benzene rings is 1. The molecule has 0 bridgehead atoms. The number of anilines is 1. The Balaban J connectivity index is 1.75. The zero-order chi connectivity index (χ0) is 20.5. The lowest BCUT2D eigenvalue weighted by Crippen LogP contribution is -2.02. The summed E-state index contributed by atoms with van der Waals surface area (Å²) in [6.45, 7) is 0. The fourth-order valence-corrected chi connectivity index (χ4v) is 3.18. The molecule has 1 N–H and O–H groups in total. The summed E-state index contributed by atoms with van der Waals surface area (Å²) in [5.74, 6) is -1.31. The number of hydrogen-bond donors (Lipinski definition) is 1. The first-order valence-corrected chi connectivity index (χ1v) is 8.78. The Kier molecular flexibility index (Phi) is 4.73. The number of ether oxygens (including phenoxy) is 1. The first kappa shape index (κ1) is 18.6. The van der Waals surface area contributed by atoms with Crippen molar-refractivity contribution in [1.29, 1.82) is 0 Å². The van der Waals surface area contributed by atoms with Crippen molar-refractivity contribution in [3.8, 4) is 17.2 Å². The Bertz CT molecular complexity index is 1230. The minimum atomic E-state index is -0.679. The van der Waals surface area contributed by atoms with Gasteiger partial charge in [0.2, 0.25) is 0 Å². The van der Waals surface area contributed by atoms with Gasteiger partial charge in [-0.3, -0.25) is 0 Å². The molecule has 0 fully saturated rings. The Morgan fingerprint density at radius 3 is 2.59 bits per heavy atom. The average molecular weight is 414 g/mol. The molecule has 146 valence electrons. The number of nitrogens with one attached hydrogen (secondary N) is 1. The maximum atomic E-state index is 15.0. The zero-order valence-corrected chi connectivity index (χ0v) is 15.7. The van der Waals surface area contributed by atoms with Gasteiger partial charge in [-0.15, -0.1) is 0 Å². The molecule has 8 nitrogen and oxygen atoms in total. The van der Waals surface area contributed by atoms with E-state index in [9.17, 15) is 10.1 Å². The van der Waals surface area contributed by atoms with E-state index in [0.717, 1.165) is 11.9 Å². The summed E-state index contributed by atoms with van der Waals surface area (Å²) < 4.78 is 22.3. The number of halogens is 2. The number of hydrogen-bond acceptors (Lipinski definition) is 6. The molecular weight excluding hydrogens is 401 g/mol. The number of fused-ring (bicyclic) bond motifs is 1. The lowest BCUT2D eigenvalue weighted by atomic mass is 10.3. The first-order valence-electron chi connectivity index (χ1n) is 8.40. The number of pyridine rings is 2. The van der Waals surface area contributed by atoms with Gasteiger partial charge in [-0.1, -0.05) is 29.8 Å². The third-order valence-electron chi connectivity index (χ3n) is 4.26. The SMILES string of the molecule is CNc1c([N+](=O)[O-])ncc(Oc2cnc3c(ccn3-c3ccccc3)c2F)c1Cl. The van der Waals surface area contributed by atoms with Crippen molar-refractivity contribution >= 4 is 34.1 Å². The molecule has 0 spiro atoms. The fraction of sp³-hybridized carbons (Fsp3) is 0.0526. The van der Waals surface area contributed by atoms with E-state index in [0.29, 0.717) is 5.65 Å². The molecular formula is C19H13ClFN5O3. The van der Waals surface area contributed by atoms with Crippen LogP contribution >= 0.6 is 11.6 Å². The van der Waals surface area contributed by atoms with Crippen LogP contribution < -0.4 is 10.1 Å². The monoisotopic (exact) mass is 413 g/mol. The second-order valence-electron chi connectivity index (χ2n) is 5.94. The Labute approximate surface area is 168 Å². The van der Waals surface area contributed by atoms with Gasteiger partial charge in [0, 0.05) is 18.9 Å². The topological polar surface area (TPSA) is 95.1 Å². The quantitative estimate of drug-likeness (QED) is 0.367.